The summed E-state index contributed by atoms with van der Waals surface area (Å²) in [5, 5.41) is 21.3. The standard InChI is InChI=1S/C17H28N2O6/c1-5-8-17(13(20)21,18-14(22)25-16(2,3)4)11-12-6-9-19(10-7-12)15(23)24/h5,12H,1,6-11H2,2-4H3,(H,18,22)(H,20,21)(H,23,24). The third-order valence-corrected chi connectivity index (χ3v) is 4.16. The molecular weight excluding hydrogens is 328 g/mol. The molecule has 1 saturated heterocycles. The molecule has 1 heterocycles. The van der Waals surface area contributed by atoms with Gasteiger partial charge in [0, 0.05) is 13.1 Å². The Labute approximate surface area is 147 Å². The van der Waals surface area contributed by atoms with Crippen LogP contribution in [0.15, 0.2) is 12.7 Å². The molecule has 0 saturated carbocycles. The number of aliphatic carboxylic acids is 1. The van der Waals surface area contributed by atoms with Crippen molar-refractivity contribution in [1.29, 1.82) is 0 Å². The fraction of sp³-hybridized carbons (Fsp3) is 0.706. The second-order valence-corrected chi connectivity index (χ2v) is 7.42. The van der Waals surface area contributed by atoms with Crippen LogP contribution in [0.5, 0.6) is 0 Å². The molecule has 3 N–H and O–H groups in total. The molecule has 0 bridgehead atoms. The number of nitrogens with zero attached hydrogens (tertiary/aromatic N) is 1. The van der Waals surface area contributed by atoms with Crippen molar-refractivity contribution in [1.82, 2.24) is 10.2 Å². The van der Waals surface area contributed by atoms with Crippen LogP contribution in [0.2, 0.25) is 0 Å². The van der Waals surface area contributed by atoms with Crippen LogP contribution in [-0.4, -0.2) is 57.5 Å². The van der Waals surface area contributed by atoms with Gasteiger partial charge >= 0.3 is 18.2 Å². The lowest BCUT2D eigenvalue weighted by Crippen LogP contribution is -2.56. The molecule has 0 radical (unpaired) electrons. The number of amides is 2. The number of carboxylic acid groups (broad SMARTS) is 2. The van der Waals surface area contributed by atoms with E-state index in [4.69, 9.17) is 9.84 Å². The second kappa shape index (κ2) is 8.22. The Morgan fingerprint density at radius 1 is 1.24 bits per heavy atom. The van der Waals surface area contributed by atoms with Gasteiger partial charge in [-0.25, -0.2) is 14.4 Å². The van der Waals surface area contributed by atoms with Crippen molar-refractivity contribution in [3.8, 4) is 0 Å². The van der Waals surface area contributed by atoms with Crippen LogP contribution in [-0.2, 0) is 9.53 Å². The molecule has 0 aliphatic carbocycles. The van der Waals surface area contributed by atoms with Crippen LogP contribution in [0.4, 0.5) is 9.59 Å². The molecule has 1 unspecified atom stereocenters. The first-order valence-electron chi connectivity index (χ1n) is 8.32. The van der Waals surface area contributed by atoms with Crippen molar-refractivity contribution in [2.45, 2.75) is 57.6 Å². The summed E-state index contributed by atoms with van der Waals surface area (Å²) >= 11 is 0. The number of carboxylic acids is 1. The number of hydrogen-bond acceptors (Lipinski definition) is 4. The summed E-state index contributed by atoms with van der Waals surface area (Å²) in [4.78, 5) is 36.3. The quantitative estimate of drug-likeness (QED) is 0.630. The number of carbonyl (C=O) groups excluding carboxylic acids is 1. The van der Waals surface area contributed by atoms with E-state index in [1.807, 2.05) is 0 Å². The lowest BCUT2D eigenvalue weighted by molar-refractivity contribution is -0.145. The first kappa shape index (κ1) is 20.8. The van der Waals surface area contributed by atoms with E-state index in [1.165, 1.54) is 11.0 Å². The van der Waals surface area contributed by atoms with Crippen molar-refractivity contribution in [2.24, 2.45) is 5.92 Å². The molecule has 1 aliphatic rings. The highest BCUT2D eigenvalue weighted by Gasteiger charge is 2.42. The van der Waals surface area contributed by atoms with E-state index in [1.54, 1.807) is 20.8 Å². The van der Waals surface area contributed by atoms with Crippen LogP contribution in [0, 0.1) is 5.92 Å². The van der Waals surface area contributed by atoms with Crippen molar-refractivity contribution in [3.05, 3.63) is 12.7 Å². The van der Waals surface area contributed by atoms with Gasteiger partial charge in [-0.2, -0.15) is 0 Å². The maximum atomic E-state index is 12.1. The first-order valence-corrected chi connectivity index (χ1v) is 8.32. The molecule has 0 spiro atoms. The molecule has 25 heavy (non-hydrogen) atoms. The second-order valence-electron chi connectivity index (χ2n) is 7.42. The minimum absolute atomic E-state index is 0.0124. The molecule has 0 aromatic heterocycles. The highest BCUT2D eigenvalue weighted by Crippen LogP contribution is 2.30. The highest BCUT2D eigenvalue weighted by molar-refractivity contribution is 5.84. The molecule has 1 aliphatic heterocycles. The number of hydrogen-bond donors (Lipinski definition) is 3. The lowest BCUT2D eigenvalue weighted by atomic mass is 9.80. The summed E-state index contributed by atoms with van der Waals surface area (Å²) in [6.45, 7) is 9.41. The average molecular weight is 356 g/mol. The SMILES string of the molecule is C=CCC(CC1CCN(C(=O)O)CC1)(NC(=O)OC(C)(C)C)C(=O)O. The minimum Gasteiger partial charge on any atom is -0.479 e. The van der Waals surface area contributed by atoms with Crippen molar-refractivity contribution in [2.75, 3.05) is 13.1 Å². The number of carbonyl (C=O) groups is 3. The molecule has 142 valence electrons. The summed E-state index contributed by atoms with van der Waals surface area (Å²) in [7, 11) is 0. The van der Waals surface area contributed by atoms with Crippen molar-refractivity contribution in [3.63, 3.8) is 0 Å². The van der Waals surface area contributed by atoms with E-state index in [0.29, 0.717) is 25.9 Å². The molecule has 0 aromatic carbocycles. The Morgan fingerprint density at radius 2 is 1.80 bits per heavy atom. The number of nitrogens with one attached hydrogen (secondary N) is 1. The fourth-order valence-corrected chi connectivity index (χ4v) is 2.98. The molecule has 1 rings (SSSR count). The smallest absolute Gasteiger partial charge is 0.408 e. The monoisotopic (exact) mass is 356 g/mol. The summed E-state index contributed by atoms with van der Waals surface area (Å²) in [5.41, 5.74) is -2.25. The van der Waals surface area contributed by atoms with Gasteiger partial charge < -0.3 is 25.2 Å². The molecule has 1 atom stereocenters. The van der Waals surface area contributed by atoms with Crippen LogP contribution >= 0.6 is 0 Å². The average Bonchev–Trinajstić information content (AvgIpc) is 2.45. The topological polar surface area (TPSA) is 116 Å². The number of alkyl carbamates (subject to hydrolysis) is 1. The van der Waals surface area contributed by atoms with Crippen LogP contribution in [0.1, 0.15) is 46.5 Å². The van der Waals surface area contributed by atoms with Gasteiger partial charge in [0.15, 0.2) is 0 Å². The molecule has 2 amide bonds. The third kappa shape index (κ3) is 6.28. The largest absolute Gasteiger partial charge is 0.479 e. The van der Waals surface area contributed by atoms with E-state index in [9.17, 15) is 19.5 Å². The Kier molecular flexibility index (Phi) is 6.84. The lowest BCUT2D eigenvalue weighted by Gasteiger charge is -2.37. The zero-order chi connectivity index (χ0) is 19.3. The van der Waals surface area contributed by atoms with Crippen LogP contribution in [0.3, 0.4) is 0 Å². The minimum atomic E-state index is -1.51. The van der Waals surface area contributed by atoms with Gasteiger partial charge in [-0.15, -0.1) is 6.58 Å². The van der Waals surface area contributed by atoms with Gasteiger partial charge in [0.25, 0.3) is 0 Å². The molecule has 8 heteroatoms. The van der Waals surface area contributed by atoms with Gasteiger partial charge in [0.1, 0.15) is 11.1 Å². The van der Waals surface area contributed by atoms with Crippen molar-refractivity contribution < 1.29 is 29.3 Å². The molecule has 1 fully saturated rings. The Morgan fingerprint density at radius 3 is 2.20 bits per heavy atom. The fourth-order valence-electron chi connectivity index (χ4n) is 2.98. The zero-order valence-corrected chi connectivity index (χ0v) is 15.1. The number of likely N-dealkylation sites (tertiary alicyclic amines) is 1. The van der Waals surface area contributed by atoms with E-state index < -0.39 is 29.3 Å². The highest BCUT2D eigenvalue weighted by atomic mass is 16.6. The Bertz CT molecular complexity index is 520. The summed E-state index contributed by atoms with van der Waals surface area (Å²) in [6.07, 6.45) is 1.04. The maximum absolute atomic E-state index is 12.1. The Balaban J connectivity index is 2.85. The van der Waals surface area contributed by atoms with Gasteiger partial charge in [-0.1, -0.05) is 6.08 Å². The predicted molar refractivity (Wildman–Crippen MR) is 91.5 cm³/mol. The van der Waals surface area contributed by atoms with Crippen LogP contribution < -0.4 is 5.32 Å². The van der Waals surface area contributed by atoms with E-state index in [-0.39, 0.29) is 18.8 Å². The molecule has 0 aromatic rings. The zero-order valence-electron chi connectivity index (χ0n) is 15.1. The molecule has 8 nitrogen and oxygen atoms in total. The van der Waals surface area contributed by atoms with Crippen LogP contribution in [0.25, 0.3) is 0 Å². The van der Waals surface area contributed by atoms with Gasteiger partial charge in [0.05, 0.1) is 0 Å². The maximum Gasteiger partial charge on any atom is 0.408 e. The normalized spacial score (nSPS) is 18.1. The number of ether oxygens (including phenoxy) is 1. The van der Waals surface area contributed by atoms with Crippen molar-refractivity contribution >= 4 is 18.2 Å². The van der Waals surface area contributed by atoms with E-state index in [2.05, 4.69) is 11.9 Å². The molecular formula is C17H28N2O6. The summed E-state index contributed by atoms with van der Waals surface area (Å²) in [6, 6.07) is 0. The predicted octanol–water partition coefficient (Wildman–Crippen LogP) is 2.69. The Hall–Kier alpha value is -2.25. The summed E-state index contributed by atoms with van der Waals surface area (Å²) in [5.74, 6) is -1.17. The first-order chi connectivity index (χ1) is 11.5. The van der Waals surface area contributed by atoms with E-state index >= 15 is 0 Å². The third-order valence-electron chi connectivity index (χ3n) is 4.16. The van der Waals surface area contributed by atoms with E-state index in [0.717, 1.165) is 0 Å². The number of piperidine rings is 1. The van der Waals surface area contributed by atoms with Gasteiger partial charge in [-0.05, 0) is 52.4 Å². The summed E-state index contributed by atoms with van der Waals surface area (Å²) < 4.78 is 5.19. The van der Waals surface area contributed by atoms with Gasteiger partial charge in [-0.3, -0.25) is 0 Å². The van der Waals surface area contributed by atoms with Gasteiger partial charge in [0.2, 0.25) is 0 Å². The number of rotatable bonds is 6.